The van der Waals surface area contributed by atoms with E-state index in [1.807, 2.05) is 109 Å². The number of aromatic nitrogens is 4. The number of carbonyl (C=O) groups is 1. The molecule has 0 aliphatic carbocycles. The van der Waals surface area contributed by atoms with Crippen LogP contribution in [0, 0.1) is 5.92 Å². The van der Waals surface area contributed by atoms with Gasteiger partial charge in [-0.15, -0.1) is 5.10 Å². The molecule has 0 unspecified atom stereocenters. The Morgan fingerprint density at radius 1 is 0.804 bits per heavy atom. The molecule has 7 rings (SSSR count). The predicted molar refractivity (Wildman–Crippen MR) is 195 cm³/mol. The van der Waals surface area contributed by atoms with E-state index in [0.29, 0.717) is 28.0 Å². The molecular weight excluding hydrogens is 665 g/mol. The van der Waals surface area contributed by atoms with Crippen LogP contribution in [0.2, 0.25) is 0 Å². The first-order valence-electron chi connectivity index (χ1n) is 16.5. The number of rotatable bonds is 11. The Morgan fingerprint density at radius 3 is 2.25 bits per heavy atom. The van der Waals surface area contributed by atoms with E-state index in [2.05, 4.69) is 33.1 Å². The van der Waals surface area contributed by atoms with Crippen LogP contribution < -0.4 is 15.4 Å². The Kier molecular flexibility index (Phi) is 10.6. The molecule has 1 fully saturated rings. The molecule has 2 amide bonds. The number of carbonyl (C=O) groups excluding carboxylic acids is 1. The number of aliphatic hydroxyl groups is 1. The summed E-state index contributed by atoms with van der Waals surface area (Å²) in [5, 5.41) is 28.4. The maximum atomic E-state index is 13.0. The van der Waals surface area contributed by atoms with E-state index in [9.17, 15) is 9.90 Å². The van der Waals surface area contributed by atoms with Gasteiger partial charge in [0.15, 0.2) is 6.29 Å². The van der Waals surface area contributed by atoms with Gasteiger partial charge in [-0.3, -0.25) is 0 Å². The lowest BCUT2D eigenvalue weighted by molar-refractivity contribution is -0.268. The van der Waals surface area contributed by atoms with Gasteiger partial charge < -0.3 is 30.0 Å². The third kappa shape index (κ3) is 8.44. The zero-order valence-electron chi connectivity index (χ0n) is 27.7. The summed E-state index contributed by atoms with van der Waals surface area (Å²) in [6.07, 6.45) is -1.27. The fourth-order valence-corrected chi connectivity index (χ4v) is 6.81. The molecule has 1 aliphatic rings. The first kappa shape index (κ1) is 33.9. The Morgan fingerprint density at radius 2 is 1.51 bits per heavy atom. The lowest BCUT2D eigenvalue weighted by Crippen LogP contribution is -2.38. The van der Waals surface area contributed by atoms with E-state index in [1.54, 1.807) is 28.9 Å². The van der Waals surface area contributed by atoms with Crippen molar-refractivity contribution < 1.29 is 24.1 Å². The minimum absolute atomic E-state index is 0.0358. The maximum Gasteiger partial charge on any atom is 0.323 e. The number of tetrazole rings is 1. The minimum Gasteiger partial charge on any atom is -0.457 e. The van der Waals surface area contributed by atoms with Crippen LogP contribution >= 0.6 is 11.8 Å². The van der Waals surface area contributed by atoms with Gasteiger partial charge in [0, 0.05) is 28.6 Å². The van der Waals surface area contributed by atoms with Crippen LogP contribution in [-0.2, 0) is 16.1 Å². The van der Waals surface area contributed by atoms with Crippen molar-refractivity contribution in [2.45, 2.75) is 37.2 Å². The molecule has 2 heterocycles. The fourth-order valence-electron chi connectivity index (χ4n) is 5.75. The third-order valence-electron chi connectivity index (χ3n) is 8.45. The van der Waals surface area contributed by atoms with Crippen molar-refractivity contribution in [1.82, 2.24) is 20.2 Å². The Labute approximate surface area is 299 Å². The van der Waals surface area contributed by atoms with Crippen molar-refractivity contribution >= 4 is 29.2 Å². The van der Waals surface area contributed by atoms with Gasteiger partial charge in [-0.25, -0.2) is 4.79 Å². The third-order valence-corrected chi connectivity index (χ3v) is 9.46. The SMILES string of the molecule is C[C@H]1[C@@H](CSc2nnnn2-c2ccccc2)O[C@@H](c2cccc(NC(=O)Nc3ccc(Oc4ccccc4)cc3)c2)O[C@H]1c1ccc(CO)cc1. The first-order valence-corrected chi connectivity index (χ1v) is 17.5. The molecule has 11 nitrogen and oxygen atoms in total. The second-order valence-electron chi connectivity index (χ2n) is 12.0. The van der Waals surface area contributed by atoms with Gasteiger partial charge in [0.25, 0.3) is 0 Å². The molecule has 6 aromatic rings. The number of hydrogen-bond donors (Lipinski definition) is 3. The van der Waals surface area contributed by atoms with Gasteiger partial charge in [-0.05, 0) is 82.2 Å². The molecule has 0 spiro atoms. The number of amides is 2. The largest absolute Gasteiger partial charge is 0.457 e. The van der Waals surface area contributed by atoms with E-state index in [1.165, 1.54) is 11.8 Å². The summed E-state index contributed by atoms with van der Waals surface area (Å²) >= 11 is 1.51. The van der Waals surface area contributed by atoms with Crippen LogP contribution in [-0.4, -0.2) is 43.2 Å². The van der Waals surface area contributed by atoms with Gasteiger partial charge in [-0.1, -0.05) is 91.5 Å². The molecule has 0 saturated carbocycles. The molecule has 1 aliphatic heterocycles. The number of thioether (sulfide) groups is 1. The van der Waals surface area contributed by atoms with Crippen molar-refractivity contribution in [2.75, 3.05) is 16.4 Å². The standard InChI is InChI=1S/C39H36N6O5S/c1-26-35(25-51-39-42-43-44-45(39)32-11-4-2-5-12-32)49-37(50-36(26)28-17-15-27(24-46)16-18-28)29-9-8-10-31(23-29)41-38(47)40-30-19-21-34(22-20-30)48-33-13-6-3-7-14-33/h2-23,26,35-37,46H,24-25H2,1H3,(H2,40,41,47)/t26-,35+,36+,37+/m0/s1. The zero-order chi connectivity index (χ0) is 35.0. The van der Waals surface area contributed by atoms with E-state index < -0.39 is 12.3 Å². The van der Waals surface area contributed by atoms with Crippen molar-refractivity contribution in [3.05, 3.63) is 150 Å². The number of hydrogen-bond acceptors (Lipinski definition) is 9. The van der Waals surface area contributed by atoms with Crippen molar-refractivity contribution in [3.8, 4) is 17.2 Å². The van der Waals surface area contributed by atoms with Gasteiger partial charge in [-0.2, -0.15) is 4.68 Å². The first-order chi connectivity index (χ1) is 25.0. The highest BCUT2D eigenvalue weighted by Gasteiger charge is 2.38. The summed E-state index contributed by atoms with van der Waals surface area (Å²) in [6, 6.07) is 41.2. The second-order valence-corrected chi connectivity index (χ2v) is 13.0. The molecule has 1 aromatic heterocycles. The number of anilines is 2. The van der Waals surface area contributed by atoms with Crippen LogP contribution in [0.1, 0.15) is 36.0 Å². The van der Waals surface area contributed by atoms with E-state index in [4.69, 9.17) is 14.2 Å². The quantitative estimate of drug-likeness (QED) is 0.115. The number of aliphatic hydroxyl groups excluding tert-OH is 1. The highest BCUT2D eigenvalue weighted by Crippen LogP contribution is 2.43. The number of nitrogens with one attached hydrogen (secondary N) is 2. The topological polar surface area (TPSA) is 133 Å². The van der Waals surface area contributed by atoms with E-state index >= 15 is 0 Å². The normalized spacial score (nSPS) is 18.5. The zero-order valence-corrected chi connectivity index (χ0v) is 28.5. The Balaban J connectivity index is 1.05. The Hall–Kier alpha value is -5.53. The van der Waals surface area contributed by atoms with Gasteiger partial charge in [0.2, 0.25) is 5.16 Å². The molecule has 5 aromatic carbocycles. The molecule has 0 radical (unpaired) electrons. The van der Waals surface area contributed by atoms with E-state index in [0.717, 1.165) is 28.1 Å². The van der Waals surface area contributed by atoms with E-state index in [-0.39, 0.29) is 24.7 Å². The average Bonchev–Trinajstić information content (AvgIpc) is 3.65. The predicted octanol–water partition coefficient (Wildman–Crippen LogP) is 8.17. The smallest absolute Gasteiger partial charge is 0.323 e. The van der Waals surface area contributed by atoms with Crippen LogP contribution in [0.15, 0.2) is 139 Å². The highest BCUT2D eigenvalue weighted by atomic mass is 32.2. The number of urea groups is 1. The summed E-state index contributed by atoms with van der Waals surface area (Å²) in [6.45, 7) is 2.07. The Bertz CT molecular complexity index is 2030. The maximum absolute atomic E-state index is 13.0. The molecule has 3 N–H and O–H groups in total. The van der Waals surface area contributed by atoms with Crippen LogP contribution in [0.3, 0.4) is 0 Å². The number of ether oxygens (including phenoxy) is 3. The summed E-state index contributed by atoms with van der Waals surface area (Å²) in [5.41, 5.74) is 4.62. The molecule has 4 atom stereocenters. The van der Waals surface area contributed by atoms with Crippen LogP contribution in [0.25, 0.3) is 5.69 Å². The molecular formula is C39H36N6O5S. The van der Waals surface area contributed by atoms with Gasteiger partial charge in [0.05, 0.1) is 24.5 Å². The van der Waals surface area contributed by atoms with Gasteiger partial charge >= 0.3 is 6.03 Å². The highest BCUT2D eigenvalue weighted by molar-refractivity contribution is 7.99. The number of nitrogens with zero attached hydrogens (tertiary/aromatic N) is 4. The van der Waals surface area contributed by atoms with Crippen LogP contribution in [0.5, 0.6) is 11.5 Å². The molecule has 12 heteroatoms. The lowest BCUT2D eigenvalue weighted by Gasteiger charge is -2.41. The number of benzene rings is 5. The molecule has 258 valence electrons. The van der Waals surface area contributed by atoms with Crippen molar-refractivity contribution in [1.29, 1.82) is 0 Å². The van der Waals surface area contributed by atoms with Crippen LogP contribution in [0.4, 0.5) is 16.2 Å². The molecule has 51 heavy (non-hydrogen) atoms. The minimum atomic E-state index is -0.721. The fraction of sp³-hybridized carbons (Fsp3) is 0.179. The molecule has 0 bridgehead atoms. The second kappa shape index (κ2) is 16.0. The van der Waals surface area contributed by atoms with Crippen molar-refractivity contribution in [3.63, 3.8) is 0 Å². The summed E-state index contributed by atoms with van der Waals surface area (Å²) in [7, 11) is 0. The molecule has 1 saturated heterocycles. The average molecular weight is 701 g/mol. The monoisotopic (exact) mass is 700 g/mol. The summed E-state index contributed by atoms with van der Waals surface area (Å²) < 4.78 is 20.8. The summed E-state index contributed by atoms with van der Waals surface area (Å²) in [4.78, 5) is 13.0. The lowest BCUT2D eigenvalue weighted by atomic mass is 9.91. The number of para-hydroxylation sites is 2. The van der Waals surface area contributed by atoms with Crippen molar-refractivity contribution in [2.24, 2.45) is 5.92 Å². The summed E-state index contributed by atoms with van der Waals surface area (Å²) in [5.74, 6) is 1.92. The van der Waals surface area contributed by atoms with Gasteiger partial charge in [0.1, 0.15) is 11.5 Å².